The summed E-state index contributed by atoms with van der Waals surface area (Å²) in [5.74, 6) is 0.942. The molecular weight excluding hydrogens is 360 g/mol. The van der Waals surface area contributed by atoms with Crippen LogP contribution in [-0.2, 0) is 13.6 Å². The van der Waals surface area contributed by atoms with Gasteiger partial charge in [0.25, 0.3) is 0 Å². The highest BCUT2D eigenvalue weighted by atomic mass is 32.2. The van der Waals surface area contributed by atoms with Crippen LogP contribution in [0.15, 0.2) is 0 Å². The number of hydrogen-bond acceptors (Lipinski definition) is 4. The normalized spacial score (nSPS) is 12.7. The zero-order valence-electron chi connectivity index (χ0n) is 17.8. The molecule has 0 fully saturated rings. The minimum absolute atomic E-state index is 0.373. The van der Waals surface area contributed by atoms with Crippen LogP contribution in [0, 0.1) is 0 Å². The lowest BCUT2D eigenvalue weighted by Gasteiger charge is -2.21. The Morgan fingerprint density at radius 1 is 0.846 bits per heavy atom. The first-order chi connectivity index (χ1) is 12.7. The predicted molar refractivity (Wildman–Crippen MR) is 117 cm³/mol. The van der Waals surface area contributed by atoms with E-state index >= 15 is 0 Å². The maximum atomic E-state index is 11.9. The number of unbranched alkanes of at least 4 members (excludes halogenated alkanes) is 6. The molecule has 0 aliphatic rings. The summed E-state index contributed by atoms with van der Waals surface area (Å²) in [6.07, 6.45) is 13.6. The Morgan fingerprint density at radius 2 is 1.42 bits per heavy atom. The summed E-state index contributed by atoms with van der Waals surface area (Å²) in [4.78, 5) is 11.9. The molecule has 0 spiro atoms. The molecule has 0 N–H and O–H groups in total. The molecule has 0 aromatic rings. The molecule has 0 heterocycles. The molecule has 0 aromatic carbocycles. The highest BCUT2D eigenvalue weighted by Gasteiger charge is 2.24. The minimum atomic E-state index is -1.18. The molecule has 0 saturated heterocycles. The van der Waals surface area contributed by atoms with Crippen molar-refractivity contribution in [3.63, 3.8) is 0 Å². The lowest BCUT2D eigenvalue weighted by atomic mass is 10.1. The van der Waals surface area contributed by atoms with E-state index in [2.05, 4.69) is 27.7 Å². The smallest absolute Gasteiger partial charge is 0.387 e. The van der Waals surface area contributed by atoms with Crippen molar-refractivity contribution >= 4 is 26.2 Å². The number of thioether (sulfide) groups is 1. The Bertz CT molecular complexity index is 306. The number of hydrogen-bond donors (Lipinski definition) is 0. The summed E-state index contributed by atoms with van der Waals surface area (Å²) in [7, 11) is -1.18. The highest BCUT2D eigenvalue weighted by molar-refractivity contribution is 8.13. The Kier molecular flexibility index (Phi) is 20.0. The molecule has 5 heteroatoms. The van der Waals surface area contributed by atoms with E-state index in [0.717, 1.165) is 70.3 Å². The van der Waals surface area contributed by atoms with Gasteiger partial charge in [-0.2, -0.15) is 0 Å². The van der Waals surface area contributed by atoms with Gasteiger partial charge in [-0.05, 0) is 32.1 Å². The van der Waals surface area contributed by atoms with E-state index in [4.69, 9.17) is 8.85 Å². The summed E-state index contributed by atoms with van der Waals surface area (Å²) in [5.41, 5.74) is 0.485. The predicted octanol–water partition coefficient (Wildman–Crippen LogP) is 6.90. The second kappa shape index (κ2) is 19.9. The molecule has 0 bridgehead atoms. The van der Waals surface area contributed by atoms with Gasteiger partial charge in [-0.1, -0.05) is 78.0 Å². The lowest BCUT2D eigenvalue weighted by molar-refractivity contribution is -0.111. The third-order valence-electron chi connectivity index (χ3n) is 4.42. The maximum Gasteiger partial charge on any atom is 0.387 e. The summed E-state index contributed by atoms with van der Waals surface area (Å²) in [5, 5.41) is 0.373. The second-order valence-corrected chi connectivity index (χ2v) is 10.5. The molecule has 155 valence electrons. The van der Waals surface area contributed by atoms with Crippen molar-refractivity contribution in [3.8, 4) is 0 Å². The van der Waals surface area contributed by atoms with Gasteiger partial charge in [-0.15, -0.1) is 0 Å². The third kappa shape index (κ3) is 16.3. The van der Waals surface area contributed by atoms with E-state index in [1.165, 1.54) is 37.4 Å². The quantitative estimate of drug-likeness (QED) is 0.174. The zero-order valence-corrected chi connectivity index (χ0v) is 19.6. The fraction of sp³-hybridized carbons (Fsp3) is 0.952. The lowest BCUT2D eigenvalue weighted by Crippen LogP contribution is -2.29. The van der Waals surface area contributed by atoms with E-state index < -0.39 is 9.28 Å². The van der Waals surface area contributed by atoms with Crippen LogP contribution in [0.5, 0.6) is 0 Å². The van der Waals surface area contributed by atoms with Gasteiger partial charge in [0.15, 0.2) is 5.12 Å². The van der Waals surface area contributed by atoms with Gasteiger partial charge >= 0.3 is 9.28 Å². The molecule has 1 radical (unpaired) electrons. The largest absolute Gasteiger partial charge is 0.393 e. The molecule has 3 nitrogen and oxygen atoms in total. The Labute approximate surface area is 169 Å². The van der Waals surface area contributed by atoms with Crippen LogP contribution in [0.2, 0.25) is 5.54 Å². The van der Waals surface area contributed by atoms with Gasteiger partial charge in [0.2, 0.25) is 0 Å². The van der Waals surface area contributed by atoms with Crippen LogP contribution in [0.4, 0.5) is 0 Å². The summed E-state index contributed by atoms with van der Waals surface area (Å²) in [6.45, 7) is 10.5. The average Bonchev–Trinajstić information content (AvgIpc) is 2.64. The van der Waals surface area contributed by atoms with Crippen LogP contribution in [0.3, 0.4) is 0 Å². The van der Waals surface area contributed by atoms with Crippen LogP contribution in [0.1, 0.15) is 105 Å². The monoisotopic (exact) mass is 403 g/mol. The van der Waals surface area contributed by atoms with Crippen molar-refractivity contribution in [1.29, 1.82) is 0 Å². The molecule has 0 saturated carbocycles. The van der Waals surface area contributed by atoms with E-state index in [1.807, 2.05) is 0 Å². The molecule has 26 heavy (non-hydrogen) atoms. The van der Waals surface area contributed by atoms with Crippen molar-refractivity contribution in [2.45, 2.75) is 110 Å². The minimum Gasteiger partial charge on any atom is -0.393 e. The van der Waals surface area contributed by atoms with Gasteiger partial charge in [0, 0.05) is 30.9 Å². The zero-order chi connectivity index (χ0) is 19.5. The average molecular weight is 404 g/mol. The standard InChI is InChI=1S/C21H43O3SSi/c1-5-8-11-12-13-16-21(22)25-19-14-15-20(4)26(23-17-9-6-2)24-18-10-7-3/h20H,5-19H2,1-4H3. The van der Waals surface area contributed by atoms with E-state index in [9.17, 15) is 4.79 Å². The fourth-order valence-electron chi connectivity index (χ4n) is 2.60. The van der Waals surface area contributed by atoms with Crippen molar-refractivity contribution in [2.75, 3.05) is 19.0 Å². The van der Waals surface area contributed by atoms with Gasteiger partial charge in [-0.3, -0.25) is 4.79 Å². The summed E-state index contributed by atoms with van der Waals surface area (Å²) in [6, 6.07) is 0. The molecule has 1 unspecified atom stereocenters. The number of rotatable bonds is 19. The first kappa shape index (κ1) is 26.2. The summed E-state index contributed by atoms with van der Waals surface area (Å²) < 4.78 is 12.1. The molecular formula is C21H43O3SSi. The van der Waals surface area contributed by atoms with Crippen LogP contribution in [-0.4, -0.2) is 33.4 Å². The molecule has 0 aliphatic carbocycles. The van der Waals surface area contributed by atoms with Crippen molar-refractivity contribution in [1.82, 2.24) is 0 Å². The van der Waals surface area contributed by atoms with Gasteiger partial charge in [0.1, 0.15) is 0 Å². The molecule has 0 aromatic heterocycles. The van der Waals surface area contributed by atoms with E-state index in [-0.39, 0.29) is 0 Å². The molecule has 1 atom stereocenters. The van der Waals surface area contributed by atoms with Crippen LogP contribution >= 0.6 is 11.8 Å². The topological polar surface area (TPSA) is 35.5 Å². The number of carbonyl (C=O) groups is 1. The first-order valence-corrected chi connectivity index (χ1v) is 13.3. The van der Waals surface area contributed by atoms with Crippen molar-refractivity contribution in [3.05, 3.63) is 0 Å². The first-order valence-electron chi connectivity index (χ1n) is 10.9. The summed E-state index contributed by atoms with van der Waals surface area (Å²) >= 11 is 1.53. The van der Waals surface area contributed by atoms with Gasteiger partial charge in [-0.25, -0.2) is 0 Å². The van der Waals surface area contributed by atoms with Crippen molar-refractivity contribution in [2.24, 2.45) is 0 Å². The highest BCUT2D eigenvalue weighted by Crippen LogP contribution is 2.22. The van der Waals surface area contributed by atoms with Crippen molar-refractivity contribution < 1.29 is 13.6 Å². The maximum absolute atomic E-state index is 11.9. The van der Waals surface area contributed by atoms with Crippen LogP contribution in [0.25, 0.3) is 0 Å². The van der Waals surface area contributed by atoms with Gasteiger partial charge < -0.3 is 8.85 Å². The number of carbonyl (C=O) groups excluding carboxylic acids is 1. The van der Waals surface area contributed by atoms with Crippen LogP contribution < -0.4 is 0 Å². The second-order valence-electron chi connectivity index (χ2n) is 7.15. The fourth-order valence-corrected chi connectivity index (χ4v) is 5.21. The molecule has 0 rings (SSSR count). The Morgan fingerprint density at radius 3 is 2.00 bits per heavy atom. The molecule has 0 aliphatic heterocycles. The van der Waals surface area contributed by atoms with E-state index in [1.54, 1.807) is 0 Å². The molecule has 0 amide bonds. The third-order valence-corrected chi connectivity index (χ3v) is 7.51. The SMILES string of the molecule is CCCCCCCC(=O)SCCCC(C)[Si](OCCCC)OCCCC. The van der Waals surface area contributed by atoms with E-state index in [0.29, 0.717) is 10.7 Å². The Hall–Kier alpha value is 0.157. The van der Waals surface area contributed by atoms with Gasteiger partial charge in [0.05, 0.1) is 0 Å². The Balaban J connectivity index is 3.86.